The first-order valence-electron chi connectivity index (χ1n) is 36.3. The van der Waals surface area contributed by atoms with Crippen LogP contribution in [0, 0.1) is 0 Å². The summed E-state index contributed by atoms with van der Waals surface area (Å²) in [5.74, 6) is 3.93. The molecule has 0 bridgehead atoms. The molecule has 0 aliphatic carbocycles. The van der Waals surface area contributed by atoms with Gasteiger partial charge in [0, 0.05) is 81.0 Å². The number of nitrogen functional groups attached to an aromatic ring is 1. The number of alkyl halides is 3. The number of aliphatic carboxylic acids is 1. The van der Waals surface area contributed by atoms with Crippen molar-refractivity contribution < 1.29 is 62.1 Å². The van der Waals surface area contributed by atoms with E-state index in [-0.39, 0.29) is 50.2 Å². The molecule has 0 aliphatic rings. The van der Waals surface area contributed by atoms with E-state index in [2.05, 4.69) is 121 Å². The molecule has 6 aromatic heterocycles. The van der Waals surface area contributed by atoms with Crippen molar-refractivity contribution in [1.29, 1.82) is 0 Å². The highest BCUT2D eigenvalue weighted by molar-refractivity contribution is 6.35. The van der Waals surface area contributed by atoms with Gasteiger partial charge in [-0.05, 0) is 154 Å². The van der Waals surface area contributed by atoms with E-state index < -0.39 is 35.0 Å². The summed E-state index contributed by atoms with van der Waals surface area (Å²) < 4.78 is 52.1. The first kappa shape index (κ1) is 102. The standard InChI is InChI=1S/C23H31N5O3.C14H21N5O.C9H13NO2.C8H19N.C7H3Cl2N3.C7H15NO2.C7H17NO.C2HF3O.B/c1-5-6-11-23(2,15-29)28-21-20-18(8-7-12-24-20)26-22(27-21)25-14-16-9-10-17(30-3)13-19(16)31-4;1-3-4-7-14(2,9-20)19-12-11-10(6-5-8-16-11)17-13(15)18-12;1-11-8-4-3-7(6-10)9(5-8)12-2;1-6-9(7(2)3)8(4)5;8-6-5-4(2-1-3-10-5)11-7(9)12-6;1-3-4-5-7(2,8)6(9)10;1-3-4-5-7(2,8)6-9;3-2(4,5)1-6;/h7-10,12-13,29H,5-6,11,14-15H2,1-4H3,(H2,25,26,27,28);5-6,8,20H,3-4,7,9H2,1-2H3,(H3,15,17,18,19);3-5H,6,10H2,1-2H3;7-8H,6H2,1-5H3;1-3H;3-5,8H2,1-2H3,(H,9,10);9H,3-6,8H2,1-2H3;1H;/t23-;14-;;;;2*7-;;/m11...11../s1. The molecule has 8 aromatic rings. The number of fused-ring (bicyclic) bond motifs is 3. The molecule has 15 N–H and O–H groups in total. The van der Waals surface area contributed by atoms with Crippen LogP contribution in [0.2, 0.25) is 10.4 Å². The van der Waals surface area contributed by atoms with Gasteiger partial charge in [-0.15, -0.1) is 0 Å². The lowest BCUT2D eigenvalue weighted by Crippen LogP contribution is -2.44. The number of carbonyl (C=O) groups is 2. The topological polar surface area (TPSA) is 411 Å². The van der Waals surface area contributed by atoms with E-state index in [4.69, 9.17) is 80.1 Å². The van der Waals surface area contributed by atoms with Crippen molar-refractivity contribution >= 4 is 101 Å². The molecule has 0 saturated heterocycles. The zero-order valence-electron chi connectivity index (χ0n) is 67.1. The SMILES string of the molecule is CCCC[C@@](C)(N)C(=O)O.CCCC[C@@](C)(N)CO.CCCC[C@](C)(CO)Nc1nc(N)nc2cccnc12.CCCC[C@](C)(CO)Nc1nc(NCc2ccc(OC)cc2OC)nc2cccnc12.CCN(C(C)C)C(C)C.COc1ccc(CN)c(OC)c1.Clc1nc(Cl)c2ncccc2n1.O=CC(F)(F)F.[B]. The summed E-state index contributed by atoms with van der Waals surface area (Å²) in [4.78, 5) is 59.7. The Hall–Kier alpha value is -8.40. The fourth-order valence-electron chi connectivity index (χ4n) is 10.0. The Balaban J connectivity index is 0.00000131. The molecule has 611 valence electrons. The van der Waals surface area contributed by atoms with Gasteiger partial charge in [-0.25, -0.2) is 19.9 Å². The van der Waals surface area contributed by atoms with Gasteiger partial charge in [0.1, 0.15) is 45.1 Å². The van der Waals surface area contributed by atoms with Crippen LogP contribution in [0.4, 0.5) is 36.7 Å². The second-order valence-corrected chi connectivity index (χ2v) is 27.6. The van der Waals surface area contributed by atoms with E-state index in [0.717, 1.165) is 117 Å². The summed E-state index contributed by atoms with van der Waals surface area (Å²) in [5.41, 5.74) is 25.9. The molecule has 2 aromatic carbocycles. The number of aldehydes is 1. The highest BCUT2D eigenvalue weighted by Crippen LogP contribution is 2.30. The van der Waals surface area contributed by atoms with Gasteiger partial charge < -0.3 is 78.3 Å². The van der Waals surface area contributed by atoms with Crippen LogP contribution in [0.15, 0.2) is 91.4 Å². The Bertz CT molecular complexity index is 3910. The number of carbonyl (C=O) groups excluding carboxylic acids is 1. The lowest BCUT2D eigenvalue weighted by Gasteiger charge is -2.29. The summed E-state index contributed by atoms with van der Waals surface area (Å²) in [6, 6.07) is 23.6. The molecule has 0 spiro atoms. The number of benzene rings is 2. The summed E-state index contributed by atoms with van der Waals surface area (Å²) >= 11 is 11.4. The van der Waals surface area contributed by atoms with E-state index in [1.54, 1.807) is 72.2 Å². The molecule has 0 unspecified atom stereocenters. The van der Waals surface area contributed by atoms with Crippen LogP contribution in [-0.2, 0) is 22.7 Å². The van der Waals surface area contributed by atoms with Gasteiger partial charge in [-0.3, -0.25) is 29.4 Å². The van der Waals surface area contributed by atoms with Gasteiger partial charge in [-0.1, -0.05) is 104 Å². The van der Waals surface area contributed by atoms with E-state index in [9.17, 15) is 28.2 Å². The third-order valence-electron chi connectivity index (χ3n) is 16.5. The number of anilines is 4. The number of aliphatic hydroxyl groups is 3. The number of aliphatic hydroxyl groups excluding tert-OH is 3. The third kappa shape index (κ3) is 38.0. The number of carboxylic acid groups (broad SMARTS) is 1. The number of rotatable bonds is 31. The average Bonchev–Trinajstić information content (AvgIpc) is 0.809. The molecule has 0 amide bonds. The number of aromatic nitrogens is 9. The van der Waals surface area contributed by atoms with Crippen LogP contribution in [0.5, 0.6) is 23.0 Å². The Morgan fingerprint density at radius 2 is 1.01 bits per heavy atom. The molecule has 33 heteroatoms. The number of ether oxygens (including phenoxy) is 4. The maximum Gasteiger partial charge on any atom is 0.446 e. The zero-order valence-corrected chi connectivity index (χ0v) is 68.6. The van der Waals surface area contributed by atoms with E-state index >= 15 is 0 Å². The van der Waals surface area contributed by atoms with Crippen molar-refractivity contribution in [2.24, 2.45) is 17.2 Å². The number of methoxy groups -OCH3 is 4. The molecular weight excluding hydrogens is 1460 g/mol. The molecule has 0 aliphatic heterocycles. The van der Waals surface area contributed by atoms with Crippen LogP contribution in [0.25, 0.3) is 33.1 Å². The average molecular weight is 1580 g/mol. The predicted molar refractivity (Wildman–Crippen MR) is 437 cm³/mol. The lowest BCUT2D eigenvalue weighted by molar-refractivity contribution is -0.156. The maximum atomic E-state index is 10.4. The van der Waals surface area contributed by atoms with Gasteiger partial charge >= 0.3 is 12.1 Å². The van der Waals surface area contributed by atoms with E-state index in [0.29, 0.717) is 76.8 Å². The first-order chi connectivity index (χ1) is 51.5. The van der Waals surface area contributed by atoms with Crippen molar-refractivity contribution in [3.05, 3.63) is 113 Å². The molecule has 0 saturated carbocycles. The molecule has 110 heavy (non-hydrogen) atoms. The molecule has 3 radical (unpaired) electrons. The minimum Gasteiger partial charge on any atom is -0.497 e. The fourth-order valence-corrected chi connectivity index (χ4v) is 10.5. The third-order valence-corrected chi connectivity index (χ3v) is 16.9. The van der Waals surface area contributed by atoms with Gasteiger partial charge in [0.2, 0.25) is 23.5 Å². The van der Waals surface area contributed by atoms with Crippen LogP contribution >= 0.6 is 23.2 Å². The van der Waals surface area contributed by atoms with E-state index in [1.807, 2.05) is 82.3 Å². The zero-order chi connectivity index (χ0) is 82.6. The number of unbranched alkanes of at least 4 members (excludes halogenated alkanes) is 4. The smallest absolute Gasteiger partial charge is 0.446 e. The number of halogens is 5. The number of nitrogens with zero attached hydrogens (tertiary/aromatic N) is 10. The number of carboxylic acids is 1. The van der Waals surface area contributed by atoms with Crippen molar-refractivity contribution in [2.75, 3.05) is 76.5 Å². The fraction of sp³-hybridized carbons (Fsp3) is 0.545. The Kier molecular flexibility index (Phi) is 48.7. The lowest BCUT2D eigenvalue weighted by atomic mass is 9.96. The van der Waals surface area contributed by atoms with Crippen LogP contribution in [-0.4, -0.2) is 186 Å². The predicted octanol–water partition coefficient (Wildman–Crippen LogP) is 13.8. The summed E-state index contributed by atoms with van der Waals surface area (Å²) in [7, 11) is 6.49. The number of nitrogens with one attached hydrogen (secondary N) is 3. The summed E-state index contributed by atoms with van der Waals surface area (Å²) in [6.07, 6.45) is 10.7. The minimum atomic E-state index is -4.64. The second-order valence-electron chi connectivity index (χ2n) is 27.0. The van der Waals surface area contributed by atoms with Gasteiger partial charge in [0.05, 0.1) is 75.9 Å². The van der Waals surface area contributed by atoms with Crippen LogP contribution < -0.4 is 57.8 Å². The van der Waals surface area contributed by atoms with Crippen molar-refractivity contribution in [1.82, 2.24) is 49.8 Å². The highest BCUT2D eigenvalue weighted by Gasteiger charge is 2.29. The second kappa shape index (κ2) is 52.7. The number of hydrogen-bond donors (Lipinski definition) is 11. The minimum absolute atomic E-state index is 0. The normalized spacial score (nSPS) is 12.9. The maximum absolute atomic E-state index is 10.4. The molecule has 0 fully saturated rings. The number of hydrogen-bond acceptors (Lipinski definition) is 26. The van der Waals surface area contributed by atoms with Crippen molar-refractivity contribution in [3.8, 4) is 23.0 Å². The summed E-state index contributed by atoms with van der Waals surface area (Å²) in [6.45, 7) is 29.2. The quantitative estimate of drug-likeness (QED) is 0.00832. The Labute approximate surface area is 659 Å². The largest absolute Gasteiger partial charge is 0.497 e. The number of pyridine rings is 3. The van der Waals surface area contributed by atoms with Gasteiger partial charge in [0.15, 0.2) is 16.8 Å². The van der Waals surface area contributed by atoms with Crippen LogP contribution in [0.1, 0.15) is 178 Å². The van der Waals surface area contributed by atoms with Gasteiger partial charge in [0.25, 0.3) is 0 Å². The number of nitrogens with two attached hydrogens (primary N) is 4. The monoisotopic (exact) mass is 1580 g/mol. The molecule has 4 atom stereocenters. The highest BCUT2D eigenvalue weighted by atomic mass is 35.5. The van der Waals surface area contributed by atoms with Gasteiger partial charge in [-0.2, -0.15) is 23.1 Å². The summed E-state index contributed by atoms with van der Waals surface area (Å²) in [5, 5.41) is 47.3. The molecule has 27 nitrogen and oxygen atoms in total. The van der Waals surface area contributed by atoms with Crippen molar-refractivity contribution in [2.45, 2.75) is 221 Å². The Morgan fingerprint density at radius 3 is 1.40 bits per heavy atom. The van der Waals surface area contributed by atoms with Crippen molar-refractivity contribution in [3.63, 3.8) is 0 Å². The van der Waals surface area contributed by atoms with Crippen LogP contribution in [0.3, 0.4) is 0 Å². The molecule has 6 heterocycles. The molecular formula is C77H120BCl2F3N17O10. The first-order valence-corrected chi connectivity index (χ1v) is 37.0. The van der Waals surface area contributed by atoms with E-state index in [1.165, 1.54) is 0 Å². The Morgan fingerprint density at radius 1 is 0.591 bits per heavy atom. The molecule has 8 rings (SSSR count).